The van der Waals surface area contributed by atoms with E-state index in [1.165, 1.54) is 0 Å². The number of ether oxygens (including phenoxy) is 1. The summed E-state index contributed by atoms with van der Waals surface area (Å²) in [6.45, 7) is -0.739. The molecule has 0 aliphatic heterocycles. The Morgan fingerprint density at radius 1 is 1.22 bits per heavy atom. The first-order valence-corrected chi connectivity index (χ1v) is 5.76. The second kappa shape index (κ2) is 6.75. The number of hydrogen-bond donors (Lipinski definition) is 2. The third-order valence-corrected chi connectivity index (χ3v) is 2.40. The molecule has 0 heterocycles. The lowest BCUT2D eigenvalue weighted by Gasteiger charge is -2.05. The van der Waals surface area contributed by atoms with E-state index >= 15 is 0 Å². The Morgan fingerprint density at radius 3 is 2.39 bits per heavy atom. The fourth-order valence-electron chi connectivity index (χ4n) is 1.04. The van der Waals surface area contributed by atoms with Crippen molar-refractivity contribution in [1.29, 1.82) is 0 Å². The molecule has 0 saturated heterocycles. The summed E-state index contributed by atoms with van der Waals surface area (Å²) < 4.78 is 5.58. The van der Waals surface area contributed by atoms with Crippen molar-refractivity contribution in [1.82, 2.24) is 5.32 Å². The number of esters is 1. The number of amides is 2. The summed E-state index contributed by atoms with van der Waals surface area (Å²) in [5.74, 6) is -1.86. The smallest absolute Gasteiger partial charge is 0.338 e. The molecule has 0 atom stereocenters. The molecule has 0 fully saturated rings. The third-order valence-electron chi connectivity index (χ3n) is 1.87. The normalized spacial score (nSPS) is 9.61. The average Bonchev–Trinajstić information content (AvgIpc) is 2.34. The highest BCUT2D eigenvalue weighted by Gasteiger charge is 2.10. The van der Waals surface area contributed by atoms with Crippen molar-refractivity contribution >= 4 is 33.7 Å². The van der Waals surface area contributed by atoms with Gasteiger partial charge in [0.15, 0.2) is 6.61 Å². The lowest BCUT2D eigenvalue weighted by Crippen LogP contribution is -2.35. The molecule has 1 rings (SSSR count). The zero-order chi connectivity index (χ0) is 13.5. The first kappa shape index (κ1) is 14.2. The summed E-state index contributed by atoms with van der Waals surface area (Å²) in [6, 6.07) is 6.50. The Labute approximate surface area is 112 Å². The summed E-state index contributed by atoms with van der Waals surface area (Å²) in [5, 5.41) is 2.20. The van der Waals surface area contributed by atoms with Crippen LogP contribution < -0.4 is 11.1 Å². The van der Waals surface area contributed by atoms with E-state index in [0.29, 0.717) is 5.56 Å². The number of primary amides is 1. The van der Waals surface area contributed by atoms with E-state index in [1.54, 1.807) is 24.3 Å². The third kappa shape index (κ3) is 4.96. The number of rotatable bonds is 5. The SMILES string of the molecule is NC(=O)CNC(=O)COC(=O)c1ccc(Br)cc1. The predicted molar refractivity (Wildman–Crippen MR) is 66.6 cm³/mol. The molecule has 1 aromatic carbocycles. The van der Waals surface area contributed by atoms with Crippen LogP contribution in [-0.2, 0) is 14.3 Å². The van der Waals surface area contributed by atoms with Crippen LogP contribution in [-0.4, -0.2) is 30.9 Å². The molecule has 7 heteroatoms. The summed E-state index contributed by atoms with van der Waals surface area (Å²) in [4.78, 5) is 33.0. The monoisotopic (exact) mass is 314 g/mol. The first-order valence-electron chi connectivity index (χ1n) is 4.96. The van der Waals surface area contributed by atoms with Crippen molar-refractivity contribution in [3.05, 3.63) is 34.3 Å². The Hall–Kier alpha value is -1.89. The molecule has 6 nitrogen and oxygen atoms in total. The van der Waals surface area contributed by atoms with Crippen LogP contribution in [0.25, 0.3) is 0 Å². The summed E-state index contributed by atoms with van der Waals surface area (Å²) in [5.41, 5.74) is 5.17. The molecule has 1 aromatic rings. The fourth-order valence-corrected chi connectivity index (χ4v) is 1.30. The van der Waals surface area contributed by atoms with Gasteiger partial charge in [0.05, 0.1) is 12.1 Å². The lowest BCUT2D eigenvalue weighted by molar-refractivity contribution is -0.127. The molecule has 0 spiro atoms. The number of halogens is 1. The molecule has 18 heavy (non-hydrogen) atoms. The van der Waals surface area contributed by atoms with Gasteiger partial charge < -0.3 is 15.8 Å². The number of carbonyl (C=O) groups is 3. The zero-order valence-corrected chi connectivity index (χ0v) is 10.9. The molecule has 3 N–H and O–H groups in total. The van der Waals surface area contributed by atoms with Gasteiger partial charge in [-0.25, -0.2) is 4.79 Å². The van der Waals surface area contributed by atoms with Crippen LogP contribution in [0.2, 0.25) is 0 Å². The molecular formula is C11H11BrN2O4. The molecule has 0 saturated carbocycles. The van der Waals surface area contributed by atoms with Crippen molar-refractivity contribution in [2.45, 2.75) is 0 Å². The molecular weight excluding hydrogens is 304 g/mol. The molecule has 0 aliphatic rings. The lowest BCUT2D eigenvalue weighted by atomic mass is 10.2. The maximum Gasteiger partial charge on any atom is 0.338 e. The zero-order valence-electron chi connectivity index (χ0n) is 9.31. The van der Waals surface area contributed by atoms with Crippen molar-refractivity contribution in [2.24, 2.45) is 5.73 Å². The van der Waals surface area contributed by atoms with Crippen molar-refractivity contribution in [2.75, 3.05) is 13.2 Å². The maximum absolute atomic E-state index is 11.5. The van der Waals surface area contributed by atoms with Gasteiger partial charge in [0, 0.05) is 4.47 Å². The van der Waals surface area contributed by atoms with Crippen molar-refractivity contribution in [3.63, 3.8) is 0 Å². The number of hydrogen-bond acceptors (Lipinski definition) is 4. The van der Waals surface area contributed by atoms with E-state index in [2.05, 4.69) is 21.2 Å². The van der Waals surface area contributed by atoms with Crippen LogP contribution >= 0.6 is 15.9 Å². The van der Waals surface area contributed by atoms with E-state index in [0.717, 1.165) is 4.47 Å². The second-order valence-electron chi connectivity index (χ2n) is 3.33. The quantitative estimate of drug-likeness (QED) is 0.759. The summed E-state index contributed by atoms with van der Waals surface area (Å²) in [6.07, 6.45) is 0. The topological polar surface area (TPSA) is 98.5 Å². The second-order valence-corrected chi connectivity index (χ2v) is 4.24. The van der Waals surface area contributed by atoms with E-state index in [-0.39, 0.29) is 6.54 Å². The van der Waals surface area contributed by atoms with Gasteiger partial charge in [-0.15, -0.1) is 0 Å². The molecule has 96 valence electrons. The van der Waals surface area contributed by atoms with Crippen molar-refractivity contribution in [3.8, 4) is 0 Å². The average molecular weight is 315 g/mol. The van der Waals surface area contributed by atoms with E-state index in [1.807, 2.05) is 0 Å². The van der Waals surface area contributed by atoms with Gasteiger partial charge in [-0.3, -0.25) is 9.59 Å². The van der Waals surface area contributed by atoms with Crippen LogP contribution in [0.3, 0.4) is 0 Å². The van der Waals surface area contributed by atoms with Crippen LogP contribution in [0.1, 0.15) is 10.4 Å². The number of carbonyl (C=O) groups excluding carboxylic acids is 3. The molecule has 0 aliphatic carbocycles. The number of nitrogens with two attached hydrogens (primary N) is 1. The molecule has 0 radical (unpaired) electrons. The van der Waals surface area contributed by atoms with Crippen LogP contribution in [0.15, 0.2) is 28.7 Å². The highest BCUT2D eigenvalue weighted by atomic mass is 79.9. The van der Waals surface area contributed by atoms with E-state index < -0.39 is 24.4 Å². The molecule has 0 aromatic heterocycles. The fraction of sp³-hybridized carbons (Fsp3) is 0.182. The number of benzene rings is 1. The highest BCUT2D eigenvalue weighted by Crippen LogP contribution is 2.11. The van der Waals surface area contributed by atoms with Gasteiger partial charge in [-0.2, -0.15) is 0 Å². The Kier molecular flexibility index (Phi) is 5.31. The minimum Gasteiger partial charge on any atom is -0.452 e. The standard InChI is InChI=1S/C11H11BrN2O4/c12-8-3-1-7(2-4-8)11(17)18-6-10(16)14-5-9(13)15/h1-4H,5-6H2,(H2,13,15)(H,14,16). The summed E-state index contributed by atoms with van der Waals surface area (Å²) in [7, 11) is 0. The van der Waals surface area contributed by atoms with Gasteiger partial charge in [-0.1, -0.05) is 15.9 Å². The van der Waals surface area contributed by atoms with Gasteiger partial charge in [0.1, 0.15) is 0 Å². The van der Waals surface area contributed by atoms with Crippen LogP contribution in [0, 0.1) is 0 Å². The Morgan fingerprint density at radius 2 is 1.83 bits per heavy atom. The Bertz CT molecular complexity index is 459. The predicted octanol–water partition coefficient (Wildman–Crippen LogP) is 0.207. The Balaban J connectivity index is 2.39. The van der Waals surface area contributed by atoms with E-state index in [4.69, 9.17) is 10.5 Å². The van der Waals surface area contributed by atoms with Gasteiger partial charge in [-0.05, 0) is 24.3 Å². The maximum atomic E-state index is 11.5. The van der Waals surface area contributed by atoms with Crippen molar-refractivity contribution < 1.29 is 19.1 Å². The van der Waals surface area contributed by atoms with E-state index in [9.17, 15) is 14.4 Å². The highest BCUT2D eigenvalue weighted by molar-refractivity contribution is 9.10. The minimum atomic E-state index is -0.664. The summed E-state index contributed by atoms with van der Waals surface area (Å²) >= 11 is 3.23. The van der Waals surface area contributed by atoms with Crippen LogP contribution in [0.5, 0.6) is 0 Å². The molecule has 0 unspecified atom stereocenters. The first-order chi connectivity index (χ1) is 8.49. The largest absolute Gasteiger partial charge is 0.452 e. The number of nitrogens with one attached hydrogen (secondary N) is 1. The van der Waals surface area contributed by atoms with Gasteiger partial charge >= 0.3 is 5.97 Å². The minimum absolute atomic E-state index is 0.283. The van der Waals surface area contributed by atoms with Gasteiger partial charge in [0.2, 0.25) is 5.91 Å². The van der Waals surface area contributed by atoms with Crippen LogP contribution in [0.4, 0.5) is 0 Å². The molecule has 0 bridgehead atoms. The van der Waals surface area contributed by atoms with Gasteiger partial charge in [0.25, 0.3) is 5.91 Å². The molecule has 2 amide bonds.